The Labute approximate surface area is 176 Å². The van der Waals surface area contributed by atoms with Crippen LogP contribution in [0, 0.1) is 6.92 Å². The first kappa shape index (κ1) is 20.2. The quantitative estimate of drug-likeness (QED) is 0.517. The molecule has 0 bridgehead atoms. The Bertz CT molecular complexity index is 984. The van der Waals surface area contributed by atoms with Crippen molar-refractivity contribution in [3.8, 4) is 11.4 Å². The molecule has 3 aromatic rings. The van der Waals surface area contributed by atoms with E-state index in [9.17, 15) is 4.79 Å². The van der Waals surface area contributed by atoms with Gasteiger partial charge in [-0.2, -0.15) is 0 Å². The molecule has 27 heavy (non-hydrogen) atoms. The van der Waals surface area contributed by atoms with E-state index in [0.717, 1.165) is 17.8 Å². The van der Waals surface area contributed by atoms with E-state index >= 15 is 0 Å². The molecule has 9 heteroatoms. The van der Waals surface area contributed by atoms with Crippen molar-refractivity contribution in [3.05, 3.63) is 44.1 Å². The zero-order chi connectivity index (χ0) is 19.6. The molecule has 5 nitrogen and oxygen atoms in total. The van der Waals surface area contributed by atoms with Gasteiger partial charge in [0.05, 0.1) is 16.5 Å². The molecule has 0 radical (unpaired) electrons. The Balaban J connectivity index is 1.68. The molecule has 0 atom stereocenters. The van der Waals surface area contributed by atoms with Gasteiger partial charge in [0.25, 0.3) is 0 Å². The van der Waals surface area contributed by atoms with Gasteiger partial charge in [0, 0.05) is 27.9 Å². The minimum atomic E-state index is -0.172. The number of carbonyl (C=O) groups excluding carboxylic acids is 1. The van der Waals surface area contributed by atoms with Crippen LogP contribution >= 0.6 is 46.3 Å². The molecule has 0 saturated carbocycles. The first-order valence-electron chi connectivity index (χ1n) is 8.25. The van der Waals surface area contributed by atoms with Gasteiger partial charge in [-0.1, -0.05) is 41.9 Å². The zero-order valence-electron chi connectivity index (χ0n) is 15.0. The van der Waals surface area contributed by atoms with Gasteiger partial charge in [-0.25, -0.2) is 0 Å². The van der Waals surface area contributed by atoms with Gasteiger partial charge in [-0.15, -0.1) is 21.5 Å². The first-order chi connectivity index (χ1) is 12.9. The van der Waals surface area contributed by atoms with Crippen molar-refractivity contribution in [1.82, 2.24) is 14.8 Å². The Morgan fingerprint density at radius 3 is 2.81 bits per heavy atom. The average Bonchev–Trinajstić information content (AvgIpc) is 3.17. The highest BCUT2D eigenvalue weighted by Crippen LogP contribution is 2.32. The number of aromatic nitrogens is 3. The number of hydrogen-bond donors (Lipinski definition) is 1. The summed E-state index contributed by atoms with van der Waals surface area (Å²) in [5, 5.41) is 15.1. The number of nitrogens with zero attached hydrogens (tertiary/aromatic N) is 3. The average molecular weight is 441 g/mol. The van der Waals surface area contributed by atoms with Crippen LogP contribution in [0.15, 0.2) is 28.7 Å². The maximum atomic E-state index is 12.2. The minimum absolute atomic E-state index is 0.172. The SMILES string of the molecule is CCc1c(-c2nnc(SCC(=O)Nc3ccc(Cl)cc3Cl)n2C)csc1C. The van der Waals surface area contributed by atoms with E-state index < -0.39 is 0 Å². The number of carbonyl (C=O) groups is 1. The first-order valence-corrected chi connectivity index (χ1v) is 10.9. The number of hydrogen-bond acceptors (Lipinski definition) is 5. The van der Waals surface area contributed by atoms with Gasteiger partial charge >= 0.3 is 0 Å². The van der Waals surface area contributed by atoms with Gasteiger partial charge in [0.2, 0.25) is 5.91 Å². The maximum Gasteiger partial charge on any atom is 0.234 e. The highest BCUT2D eigenvalue weighted by Gasteiger charge is 2.17. The number of anilines is 1. The van der Waals surface area contributed by atoms with E-state index in [-0.39, 0.29) is 11.7 Å². The van der Waals surface area contributed by atoms with Gasteiger partial charge in [0.15, 0.2) is 11.0 Å². The summed E-state index contributed by atoms with van der Waals surface area (Å²) in [4.78, 5) is 13.5. The number of benzene rings is 1. The van der Waals surface area contributed by atoms with Crippen molar-refractivity contribution in [1.29, 1.82) is 0 Å². The lowest BCUT2D eigenvalue weighted by Gasteiger charge is -2.08. The van der Waals surface area contributed by atoms with E-state index in [2.05, 4.69) is 34.7 Å². The molecule has 0 spiro atoms. The molecular formula is C18H18Cl2N4OS2. The van der Waals surface area contributed by atoms with Gasteiger partial charge < -0.3 is 9.88 Å². The molecule has 142 valence electrons. The Kier molecular flexibility index (Phi) is 6.47. The lowest BCUT2D eigenvalue weighted by atomic mass is 10.1. The molecule has 3 rings (SSSR count). The Hall–Kier alpha value is -1.54. The molecule has 0 aliphatic carbocycles. The van der Waals surface area contributed by atoms with E-state index in [0.29, 0.717) is 20.9 Å². The third kappa shape index (κ3) is 4.48. The number of rotatable bonds is 6. The second-order valence-corrected chi connectivity index (χ2v) is 8.73. The molecule has 0 fully saturated rings. The monoisotopic (exact) mass is 440 g/mol. The summed E-state index contributed by atoms with van der Waals surface area (Å²) in [6.45, 7) is 4.25. The van der Waals surface area contributed by atoms with Crippen molar-refractivity contribution < 1.29 is 4.79 Å². The second-order valence-electron chi connectivity index (χ2n) is 5.86. The van der Waals surface area contributed by atoms with E-state index in [1.54, 1.807) is 29.5 Å². The summed E-state index contributed by atoms with van der Waals surface area (Å²) in [5.74, 6) is 0.850. The predicted octanol–water partition coefficient (Wildman–Crippen LogP) is 5.45. The van der Waals surface area contributed by atoms with Crippen LogP contribution in [0.4, 0.5) is 5.69 Å². The fourth-order valence-electron chi connectivity index (χ4n) is 2.69. The molecular weight excluding hydrogens is 423 g/mol. The van der Waals surface area contributed by atoms with Crippen LogP contribution in [0.2, 0.25) is 10.0 Å². The van der Waals surface area contributed by atoms with E-state index in [1.165, 1.54) is 22.2 Å². The van der Waals surface area contributed by atoms with Crippen molar-refractivity contribution in [2.45, 2.75) is 25.4 Å². The molecule has 1 amide bonds. The number of halogens is 2. The highest BCUT2D eigenvalue weighted by molar-refractivity contribution is 7.99. The largest absolute Gasteiger partial charge is 0.324 e. The lowest BCUT2D eigenvalue weighted by molar-refractivity contribution is -0.113. The maximum absolute atomic E-state index is 12.2. The number of aryl methyl sites for hydroxylation is 1. The third-order valence-electron chi connectivity index (χ3n) is 4.07. The van der Waals surface area contributed by atoms with Crippen LogP contribution in [0.25, 0.3) is 11.4 Å². The van der Waals surface area contributed by atoms with E-state index in [4.69, 9.17) is 23.2 Å². The van der Waals surface area contributed by atoms with Gasteiger partial charge in [-0.05, 0) is 37.1 Å². The standard InChI is InChI=1S/C18H18Cl2N4OS2/c1-4-12-10(2)26-8-13(12)17-22-23-18(24(17)3)27-9-16(25)21-15-6-5-11(19)7-14(15)20/h5-8H,4,9H2,1-3H3,(H,21,25). The summed E-state index contributed by atoms with van der Waals surface area (Å²) in [6.07, 6.45) is 0.949. The van der Waals surface area contributed by atoms with Crippen LogP contribution in [-0.2, 0) is 18.3 Å². The topological polar surface area (TPSA) is 59.8 Å². The van der Waals surface area contributed by atoms with Crippen LogP contribution in [0.1, 0.15) is 17.4 Å². The molecule has 2 heterocycles. The summed E-state index contributed by atoms with van der Waals surface area (Å²) < 4.78 is 1.92. The van der Waals surface area contributed by atoms with Gasteiger partial charge in [-0.3, -0.25) is 4.79 Å². The molecule has 0 aliphatic rings. The van der Waals surface area contributed by atoms with Crippen LogP contribution < -0.4 is 5.32 Å². The normalized spacial score (nSPS) is 11.0. The van der Waals surface area contributed by atoms with E-state index in [1.807, 2.05) is 11.6 Å². The molecule has 1 N–H and O–H groups in total. The Morgan fingerprint density at radius 1 is 1.33 bits per heavy atom. The smallest absolute Gasteiger partial charge is 0.234 e. The third-order valence-corrected chi connectivity index (χ3v) is 6.59. The summed E-state index contributed by atoms with van der Waals surface area (Å²) in [7, 11) is 1.91. The summed E-state index contributed by atoms with van der Waals surface area (Å²) in [6, 6.07) is 4.95. The summed E-state index contributed by atoms with van der Waals surface area (Å²) in [5.41, 5.74) is 2.94. The molecule has 2 aromatic heterocycles. The molecule has 0 unspecified atom stereocenters. The molecule has 0 aliphatic heterocycles. The number of thioether (sulfide) groups is 1. The van der Waals surface area contributed by atoms with Crippen LogP contribution in [-0.4, -0.2) is 26.4 Å². The fourth-order valence-corrected chi connectivity index (χ4v) is 4.79. The van der Waals surface area contributed by atoms with Crippen LogP contribution in [0.3, 0.4) is 0 Å². The summed E-state index contributed by atoms with van der Waals surface area (Å²) >= 11 is 15.0. The van der Waals surface area contributed by atoms with Crippen molar-refractivity contribution >= 4 is 57.9 Å². The van der Waals surface area contributed by atoms with Crippen LogP contribution in [0.5, 0.6) is 0 Å². The highest BCUT2D eigenvalue weighted by atomic mass is 35.5. The molecule has 1 aromatic carbocycles. The lowest BCUT2D eigenvalue weighted by Crippen LogP contribution is -2.14. The van der Waals surface area contributed by atoms with Crippen molar-refractivity contribution in [2.24, 2.45) is 7.05 Å². The Morgan fingerprint density at radius 2 is 2.11 bits per heavy atom. The van der Waals surface area contributed by atoms with Crippen molar-refractivity contribution in [2.75, 3.05) is 11.1 Å². The predicted molar refractivity (Wildman–Crippen MR) is 114 cm³/mol. The number of amides is 1. The molecule has 0 saturated heterocycles. The number of nitrogens with one attached hydrogen (secondary N) is 1. The fraction of sp³-hybridized carbons (Fsp3) is 0.278. The van der Waals surface area contributed by atoms with Gasteiger partial charge in [0.1, 0.15) is 0 Å². The second kappa shape index (κ2) is 8.65. The zero-order valence-corrected chi connectivity index (χ0v) is 18.2. The van der Waals surface area contributed by atoms with Crippen molar-refractivity contribution in [3.63, 3.8) is 0 Å². The number of thiophene rings is 1. The minimum Gasteiger partial charge on any atom is -0.324 e.